The van der Waals surface area contributed by atoms with E-state index >= 15 is 0 Å². The highest BCUT2D eigenvalue weighted by molar-refractivity contribution is 9.13. The molecule has 0 unspecified atom stereocenters. The van der Waals surface area contributed by atoms with E-state index in [1.807, 2.05) is 0 Å². The van der Waals surface area contributed by atoms with Crippen LogP contribution in [-0.2, 0) is 6.42 Å². The Kier molecular flexibility index (Phi) is 2.35. The van der Waals surface area contributed by atoms with Crippen molar-refractivity contribution in [1.29, 1.82) is 0 Å². The lowest BCUT2D eigenvalue weighted by Gasteiger charge is -1.88. The minimum atomic E-state index is 0.972. The molecule has 0 saturated carbocycles. The number of hydrogen-bond acceptors (Lipinski definition) is 0. The molecule has 1 aromatic heterocycles. The molecule has 3 heteroatoms. The van der Waals surface area contributed by atoms with Gasteiger partial charge in [0.1, 0.15) is 0 Å². The van der Waals surface area contributed by atoms with Gasteiger partial charge in [-0.2, -0.15) is 0 Å². The molecule has 1 heterocycles. The highest BCUT2D eigenvalue weighted by atomic mass is 79.9. The van der Waals surface area contributed by atoms with Gasteiger partial charge in [0.25, 0.3) is 0 Å². The van der Waals surface area contributed by atoms with Crippen molar-refractivity contribution >= 4 is 31.9 Å². The van der Waals surface area contributed by atoms with E-state index in [1.165, 1.54) is 5.69 Å². The number of aromatic amines is 1. The van der Waals surface area contributed by atoms with Gasteiger partial charge in [0, 0.05) is 5.69 Å². The van der Waals surface area contributed by atoms with Crippen molar-refractivity contribution < 1.29 is 0 Å². The molecule has 0 aliphatic heterocycles. The fourth-order valence-corrected chi connectivity index (χ4v) is 1.43. The first kappa shape index (κ1) is 7.35. The second-order valence-corrected chi connectivity index (χ2v) is 3.30. The van der Waals surface area contributed by atoms with Crippen LogP contribution in [0.3, 0.4) is 0 Å². The Morgan fingerprint density at radius 1 is 1.56 bits per heavy atom. The van der Waals surface area contributed by atoms with Gasteiger partial charge in [-0.3, -0.25) is 0 Å². The molecule has 0 aliphatic rings. The topological polar surface area (TPSA) is 15.8 Å². The summed E-state index contributed by atoms with van der Waals surface area (Å²) in [4.78, 5) is 3.00. The molecular weight excluding hydrogens is 246 g/mol. The van der Waals surface area contributed by atoms with Gasteiger partial charge in [-0.25, -0.2) is 0 Å². The zero-order valence-electron chi connectivity index (χ0n) is 4.96. The maximum absolute atomic E-state index is 3.40. The van der Waals surface area contributed by atoms with Crippen LogP contribution in [0.25, 0.3) is 0 Å². The van der Waals surface area contributed by atoms with Crippen LogP contribution in [0.1, 0.15) is 12.6 Å². The van der Waals surface area contributed by atoms with E-state index in [9.17, 15) is 0 Å². The number of hydrogen-bond donors (Lipinski definition) is 1. The second kappa shape index (κ2) is 2.88. The fraction of sp³-hybridized carbons (Fsp3) is 0.333. The molecule has 1 N–H and O–H groups in total. The fourth-order valence-electron chi connectivity index (χ4n) is 0.616. The van der Waals surface area contributed by atoms with Crippen molar-refractivity contribution in [3.05, 3.63) is 20.8 Å². The molecule has 49 valence electrons. The van der Waals surface area contributed by atoms with Gasteiger partial charge >= 0.3 is 0 Å². The first-order chi connectivity index (χ1) is 4.25. The normalized spacial score (nSPS) is 10.1. The Labute approximate surface area is 71.1 Å². The molecular formula is C6H6Br2N. The second-order valence-electron chi connectivity index (χ2n) is 1.71. The number of rotatable bonds is 1. The van der Waals surface area contributed by atoms with Crippen LogP contribution in [0.2, 0.25) is 0 Å². The van der Waals surface area contributed by atoms with E-state index in [1.54, 1.807) is 0 Å². The smallest absolute Gasteiger partial charge is 0.0790 e. The van der Waals surface area contributed by atoms with Crippen LogP contribution < -0.4 is 0 Å². The van der Waals surface area contributed by atoms with Crippen molar-refractivity contribution in [3.8, 4) is 0 Å². The first-order valence-electron chi connectivity index (χ1n) is 2.69. The van der Waals surface area contributed by atoms with Crippen molar-refractivity contribution in [1.82, 2.24) is 4.98 Å². The van der Waals surface area contributed by atoms with E-state index in [4.69, 9.17) is 0 Å². The zero-order valence-corrected chi connectivity index (χ0v) is 8.14. The molecule has 1 nitrogen and oxygen atoms in total. The minimum absolute atomic E-state index is 0.972. The molecule has 0 aromatic carbocycles. The van der Waals surface area contributed by atoms with Gasteiger partial charge in [-0.05, 0) is 38.3 Å². The molecule has 0 fully saturated rings. The molecule has 0 spiro atoms. The lowest BCUT2D eigenvalue weighted by molar-refractivity contribution is 1.05. The summed E-state index contributed by atoms with van der Waals surface area (Å²) in [5.74, 6) is 0. The molecule has 1 radical (unpaired) electrons. The quantitative estimate of drug-likeness (QED) is 0.790. The third kappa shape index (κ3) is 1.38. The van der Waals surface area contributed by atoms with Crippen molar-refractivity contribution in [3.63, 3.8) is 0 Å². The van der Waals surface area contributed by atoms with E-state index in [0.29, 0.717) is 0 Å². The summed E-state index contributed by atoms with van der Waals surface area (Å²) in [5, 5.41) is 0. The zero-order chi connectivity index (χ0) is 6.85. The highest BCUT2D eigenvalue weighted by Gasteiger charge is 2.02. The Bertz CT molecular complexity index is 205. The van der Waals surface area contributed by atoms with Crippen molar-refractivity contribution in [2.45, 2.75) is 13.3 Å². The Morgan fingerprint density at radius 3 is 2.44 bits per heavy atom. The number of H-pyrrole nitrogens is 1. The number of halogens is 2. The standard InChI is InChI=1S/C6H6Br2N/c1-2-5-6(8)4(7)3-9-5/h9H,2H2,1H3. The summed E-state index contributed by atoms with van der Waals surface area (Å²) in [6.07, 6.45) is 3.94. The van der Waals surface area contributed by atoms with E-state index < -0.39 is 0 Å². The monoisotopic (exact) mass is 250 g/mol. The summed E-state index contributed by atoms with van der Waals surface area (Å²) in [6.45, 7) is 2.09. The van der Waals surface area contributed by atoms with Crippen LogP contribution >= 0.6 is 31.9 Å². The highest BCUT2D eigenvalue weighted by Crippen LogP contribution is 2.25. The van der Waals surface area contributed by atoms with Crippen LogP contribution in [-0.4, -0.2) is 4.98 Å². The molecule has 0 saturated heterocycles. The molecule has 0 bridgehead atoms. The van der Waals surface area contributed by atoms with Crippen LogP contribution in [0.5, 0.6) is 0 Å². The number of aryl methyl sites for hydroxylation is 1. The van der Waals surface area contributed by atoms with Gasteiger partial charge in [-0.1, -0.05) is 6.92 Å². The maximum atomic E-state index is 3.40. The van der Waals surface area contributed by atoms with Crippen LogP contribution in [0.15, 0.2) is 8.95 Å². The largest absolute Gasteiger partial charge is 0.355 e. The van der Waals surface area contributed by atoms with Gasteiger partial charge in [0.15, 0.2) is 0 Å². The van der Waals surface area contributed by atoms with Gasteiger partial charge < -0.3 is 4.98 Å². The van der Waals surface area contributed by atoms with E-state index in [-0.39, 0.29) is 0 Å². The van der Waals surface area contributed by atoms with E-state index in [2.05, 4.69) is 50.0 Å². The number of nitrogens with one attached hydrogen (secondary N) is 1. The van der Waals surface area contributed by atoms with Gasteiger partial charge in [0.05, 0.1) is 15.1 Å². The van der Waals surface area contributed by atoms with Crippen LogP contribution in [0.4, 0.5) is 0 Å². The molecule has 9 heavy (non-hydrogen) atoms. The predicted molar refractivity (Wildman–Crippen MR) is 44.4 cm³/mol. The average Bonchev–Trinajstić information content (AvgIpc) is 2.15. The third-order valence-corrected chi connectivity index (χ3v) is 3.14. The lowest BCUT2D eigenvalue weighted by Crippen LogP contribution is -1.77. The summed E-state index contributed by atoms with van der Waals surface area (Å²) < 4.78 is 2.06. The Hall–Kier alpha value is 0.240. The van der Waals surface area contributed by atoms with Gasteiger partial charge in [-0.15, -0.1) is 0 Å². The first-order valence-corrected chi connectivity index (χ1v) is 4.27. The van der Waals surface area contributed by atoms with Gasteiger partial charge in [0.2, 0.25) is 0 Å². The van der Waals surface area contributed by atoms with E-state index in [0.717, 1.165) is 15.4 Å². The summed E-state index contributed by atoms with van der Waals surface area (Å²) in [6, 6.07) is 0. The summed E-state index contributed by atoms with van der Waals surface area (Å²) in [7, 11) is 0. The Balaban J connectivity index is 3.04. The maximum Gasteiger partial charge on any atom is 0.0790 e. The minimum Gasteiger partial charge on any atom is -0.355 e. The predicted octanol–water partition coefficient (Wildman–Crippen LogP) is 2.90. The van der Waals surface area contributed by atoms with Crippen LogP contribution in [0, 0.1) is 6.20 Å². The average molecular weight is 252 g/mol. The van der Waals surface area contributed by atoms with Crippen molar-refractivity contribution in [2.24, 2.45) is 0 Å². The molecule has 0 aliphatic carbocycles. The Morgan fingerprint density at radius 2 is 2.22 bits per heavy atom. The summed E-state index contributed by atoms with van der Waals surface area (Å²) in [5.41, 5.74) is 1.18. The molecule has 0 amide bonds. The van der Waals surface area contributed by atoms with Crippen molar-refractivity contribution in [2.75, 3.05) is 0 Å². The lowest BCUT2D eigenvalue weighted by atomic mass is 10.3. The summed E-state index contributed by atoms with van der Waals surface area (Å²) >= 11 is 6.72. The third-order valence-electron chi connectivity index (χ3n) is 1.13. The SMILES string of the molecule is CCc1[nH][c]c(Br)c1Br. The molecule has 0 atom stereocenters. The number of aromatic nitrogens is 1. The molecule has 1 rings (SSSR count). The molecule has 1 aromatic rings.